The maximum Gasteiger partial charge on any atom is 0.472 e. The predicted octanol–water partition coefficient (Wildman–Crippen LogP) is 7.35. The maximum absolute atomic E-state index is 12.3. The van der Waals surface area contributed by atoms with Crippen molar-refractivity contribution in [3.8, 4) is 5.75 Å². The SMILES string of the molecule is CCCCCCCCCCCCCOc1cccc(CC(COP(=O)(O)OCC[N+](C)(C)C)CC(C)=O)c1. The lowest BCUT2D eigenvalue weighted by Crippen LogP contribution is -2.37. The summed E-state index contributed by atoms with van der Waals surface area (Å²) in [6.07, 6.45) is 15.2. The fourth-order valence-corrected chi connectivity index (χ4v) is 5.10. The summed E-state index contributed by atoms with van der Waals surface area (Å²) >= 11 is 0. The van der Waals surface area contributed by atoms with Crippen molar-refractivity contribution in [2.24, 2.45) is 5.92 Å². The monoisotopic (exact) mass is 556 g/mol. The van der Waals surface area contributed by atoms with Crippen LogP contribution in [-0.2, 0) is 24.8 Å². The molecule has 1 rings (SSSR count). The van der Waals surface area contributed by atoms with Crippen LogP contribution in [0, 0.1) is 5.92 Å². The molecule has 0 saturated heterocycles. The Labute approximate surface area is 232 Å². The maximum atomic E-state index is 12.3. The lowest BCUT2D eigenvalue weighted by Gasteiger charge is -2.24. The molecule has 0 aliphatic carbocycles. The average molecular weight is 557 g/mol. The molecule has 1 N–H and O–H groups in total. The van der Waals surface area contributed by atoms with E-state index in [1.807, 2.05) is 45.4 Å². The number of unbranched alkanes of at least 4 members (excludes halogenated alkanes) is 10. The summed E-state index contributed by atoms with van der Waals surface area (Å²) < 4.78 is 29.2. The molecule has 1 aromatic rings. The van der Waals surface area contributed by atoms with Crippen molar-refractivity contribution in [2.75, 3.05) is 47.5 Å². The summed E-state index contributed by atoms with van der Waals surface area (Å²) in [6, 6.07) is 7.87. The number of carbonyl (C=O) groups excluding carboxylic acids is 1. The number of likely N-dealkylation sites (N-methyl/N-ethyl adjacent to an activating group) is 1. The van der Waals surface area contributed by atoms with E-state index in [4.69, 9.17) is 13.8 Å². The third-order valence-corrected chi connectivity index (χ3v) is 7.49. The van der Waals surface area contributed by atoms with Crippen LogP contribution in [0.4, 0.5) is 0 Å². The Morgan fingerprint density at radius 1 is 0.921 bits per heavy atom. The van der Waals surface area contributed by atoms with Gasteiger partial charge in [-0.3, -0.25) is 9.05 Å². The summed E-state index contributed by atoms with van der Waals surface area (Å²) in [6.45, 7) is 5.15. The molecular weight excluding hydrogens is 501 g/mol. The Kier molecular flexibility index (Phi) is 18.1. The zero-order valence-corrected chi connectivity index (χ0v) is 25.7. The van der Waals surface area contributed by atoms with Gasteiger partial charge < -0.3 is 18.9 Å². The van der Waals surface area contributed by atoms with Gasteiger partial charge in [0, 0.05) is 6.42 Å². The third kappa shape index (κ3) is 19.8. The second kappa shape index (κ2) is 19.8. The van der Waals surface area contributed by atoms with Gasteiger partial charge in [-0.1, -0.05) is 83.3 Å². The molecule has 0 heterocycles. The van der Waals surface area contributed by atoms with Gasteiger partial charge in [0.05, 0.1) is 34.4 Å². The largest absolute Gasteiger partial charge is 0.494 e. The average Bonchev–Trinajstić information content (AvgIpc) is 2.82. The van der Waals surface area contributed by atoms with E-state index in [0.29, 0.717) is 24.1 Å². The van der Waals surface area contributed by atoms with E-state index in [1.165, 1.54) is 71.1 Å². The van der Waals surface area contributed by atoms with E-state index in [-0.39, 0.29) is 31.3 Å². The molecule has 0 saturated carbocycles. The zero-order valence-electron chi connectivity index (χ0n) is 24.8. The van der Waals surface area contributed by atoms with Gasteiger partial charge in [0.25, 0.3) is 0 Å². The third-order valence-electron chi connectivity index (χ3n) is 6.51. The van der Waals surface area contributed by atoms with Crippen LogP contribution in [0.3, 0.4) is 0 Å². The highest BCUT2D eigenvalue weighted by Gasteiger charge is 2.25. The van der Waals surface area contributed by atoms with Gasteiger partial charge in [-0.25, -0.2) is 4.57 Å². The van der Waals surface area contributed by atoms with Crippen molar-refractivity contribution in [1.82, 2.24) is 0 Å². The number of hydrogen-bond donors (Lipinski definition) is 1. The molecule has 0 aromatic heterocycles. The van der Waals surface area contributed by atoms with Crippen LogP contribution in [-0.4, -0.2) is 62.7 Å². The first-order valence-corrected chi connectivity index (χ1v) is 16.1. The molecule has 0 radical (unpaired) electrons. The minimum absolute atomic E-state index is 0.0150. The number of phosphoric acid groups is 1. The topological polar surface area (TPSA) is 82.1 Å². The summed E-state index contributed by atoms with van der Waals surface area (Å²) in [5.74, 6) is 0.603. The summed E-state index contributed by atoms with van der Waals surface area (Å²) in [5.41, 5.74) is 1.01. The zero-order chi connectivity index (χ0) is 28.3. The minimum atomic E-state index is -4.17. The van der Waals surface area contributed by atoms with E-state index in [0.717, 1.165) is 17.7 Å². The van der Waals surface area contributed by atoms with Crippen molar-refractivity contribution >= 4 is 13.6 Å². The molecule has 0 amide bonds. The number of carbonyl (C=O) groups is 1. The molecule has 1 aromatic carbocycles. The molecule has 38 heavy (non-hydrogen) atoms. The molecule has 2 unspecified atom stereocenters. The number of ether oxygens (including phenoxy) is 1. The first-order chi connectivity index (χ1) is 18.0. The minimum Gasteiger partial charge on any atom is -0.494 e. The number of nitrogens with zero attached hydrogens (tertiary/aromatic N) is 1. The van der Waals surface area contributed by atoms with Gasteiger partial charge in [-0.15, -0.1) is 0 Å². The lowest BCUT2D eigenvalue weighted by molar-refractivity contribution is -0.870. The van der Waals surface area contributed by atoms with Crippen molar-refractivity contribution < 1.29 is 32.5 Å². The Balaban J connectivity index is 2.37. The van der Waals surface area contributed by atoms with Crippen LogP contribution in [0.5, 0.6) is 5.75 Å². The molecular formula is C30H55NO6P+. The molecule has 0 aliphatic heterocycles. The standard InChI is InChI=1S/C30H54NO6P/c1-6-7-8-9-10-11-12-13-14-15-16-21-35-30-19-17-18-28(25-30)24-29(23-27(2)32)26-37-38(33,34)36-22-20-31(3,4)5/h17-19,25,29H,6-16,20-24,26H2,1-5H3/p+1. The van der Waals surface area contributed by atoms with Gasteiger partial charge in [0.1, 0.15) is 24.7 Å². The molecule has 0 aliphatic rings. The van der Waals surface area contributed by atoms with Crippen LogP contribution < -0.4 is 4.74 Å². The number of phosphoric ester groups is 1. The number of quaternary nitrogens is 1. The molecule has 0 spiro atoms. The number of Topliss-reactive ketones (excluding diaryl/α,β-unsaturated/α-hetero) is 1. The van der Waals surface area contributed by atoms with Crippen LogP contribution in [0.15, 0.2) is 24.3 Å². The lowest BCUT2D eigenvalue weighted by atomic mass is 9.95. The van der Waals surface area contributed by atoms with E-state index in [1.54, 1.807) is 0 Å². The first kappa shape index (κ1) is 34.8. The molecule has 8 heteroatoms. The molecule has 7 nitrogen and oxygen atoms in total. The Morgan fingerprint density at radius 3 is 2.11 bits per heavy atom. The highest BCUT2D eigenvalue weighted by Crippen LogP contribution is 2.43. The fraction of sp³-hybridized carbons (Fsp3) is 0.767. The summed E-state index contributed by atoms with van der Waals surface area (Å²) in [7, 11) is 1.76. The highest BCUT2D eigenvalue weighted by molar-refractivity contribution is 7.47. The number of benzene rings is 1. The van der Waals surface area contributed by atoms with E-state index >= 15 is 0 Å². The smallest absolute Gasteiger partial charge is 0.472 e. The Morgan fingerprint density at radius 2 is 1.53 bits per heavy atom. The van der Waals surface area contributed by atoms with E-state index < -0.39 is 7.82 Å². The highest BCUT2D eigenvalue weighted by atomic mass is 31.2. The van der Waals surface area contributed by atoms with Crippen molar-refractivity contribution in [3.05, 3.63) is 29.8 Å². The fourth-order valence-electron chi connectivity index (χ4n) is 4.32. The van der Waals surface area contributed by atoms with E-state index in [9.17, 15) is 14.3 Å². The molecule has 220 valence electrons. The second-order valence-corrected chi connectivity index (χ2v) is 13.1. The molecule has 0 bridgehead atoms. The van der Waals surface area contributed by atoms with Crippen LogP contribution in [0.1, 0.15) is 96.5 Å². The van der Waals surface area contributed by atoms with Crippen LogP contribution in [0.25, 0.3) is 0 Å². The quantitative estimate of drug-likeness (QED) is 0.0814. The second-order valence-electron chi connectivity index (χ2n) is 11.6. The van der Waals surface area contributed by atoms with Crippen LogP contribution in [0.2, 0.25) is 0 Å². The van der Waals surface area contributed by atoms with Gasteiger partial charge in [-0.05, 0) is 43.4 Å². The first-order valence-electron chi connectivity index (χ1n) is 14.6. The molecule has 2 atom stereocenters. The van der Waals surface area contributed by atoms with Crippen LogP contribution >= 0.6 is 7.82 Å². The summed E-state index contributed by atoms with van der Waals surface area (Å²) in [5, 5.41) is 0. The van der Waals surface area contributed by atoms with Crippen molar-refractivity contribution in [1.29, 1.82) is 0 Å². The van der Waals surface area contributed by atoms with Gasteiger partial charge in [0.2, 0.25) is 0 Å². The van der Waals surface area contributed by atoms with Crippen molar-refractivity contribution in [2.45, 2.75) is 97.3 Å². The van der Waals surface area contributed by atoms with Crippen molar-refractivity contribution in [3.63, 3.8) is 0 Å². The molecule has 0 fully saturated rings. The Bertz CT molecular complexity index is 810. The number of ketones is 1. The van der Waals surface area contributed by atoms with Gasteiger partial charge >= 0.3 is 7.82 Å². The Hall–Kier alpha value is -1.24. The predicted molar refractivity (Wildman–Crippen MR) is 156 cm³/mol. The summed E-state index contributed by atoms with van der Waals surface area (Å²) in [4.78, 5) is 21.9. The number of hydrogen-bond acceptors (Lipinski definition) is 5. The van der Waals surface area contributed by atoms with Gasteiger partial charge in [0.15, 0.2) is 0 Å². The normalized spacial score (nSPS) is 14.3. The van der Waals surface area contributed by atoms with E-state index in [2.05, 4.69) is 6.92 Å². The number of rotatable bonds is 24. The van der Waals surface area contributed by atoms with Gasteiger partial charge in [-0.2, -0.15) is 0 Å².